The van der Waals surface area contributed by atoms with Crippen LogP contribution in [0, 0.1) is 0 Å². The molecular formula is C15H13F3N2O3. The molecule has 0 radical (unpaired) electrons. The van der Waals surface area contributed by atoms with Crippen LogP contribution in [0.4, 0.5) is 13.2 Å². The van der Waals surface area contributed by atoms with Gasteiger partial charge in [-0.05, 0) is 17.7 Å². The molecule has 2 aliphatic heterocycles. The first-order valence-corrected chi connectivity index (χ1v) is 6.88. The van der Waals surface area contributed by atoms with Crippen molar-refractivity contribution in [2.24, 2.45) is 0 Å². The number of carbonyl (C=O) groups excluding carboxylic acids is 2. The van der Waals surface area contributed by atoms with Crippen molar-refractivity contribution >= 4 is 11.7 Å². The highest BCUT2D eigenvalue weighted by atomic mass is 19.4. The molecule has 1 saturated heterocycles. The van der Waals surface area contributed by atoms with Gasteiger partial charge in [-0.1, -0.05) is 12.1 Å². The van der Waals surface area contributed by atoms with E-state index in [1.165, 1.54) is 12.1 Å². The molecule has 23 heavy (non-hydrogen) atoms. The molecule has 2 heterocycles. The minimum atomic E-state index is -4.99. The second-order valence-electron chi connectivity index (χ2n) is 5.24. The van der Waals surface area contributed by atoms with Gasteiger partial charge in [0.2, 0.25) is 5.91 Å². The van der Waals surface area contributed by atoms with Crippen LogP contribution in [0.25, 0.3) is 0 Å². The Hall–Kier alpha value is -2.35. The van der Waals surface area contributed by atoms with Gasteiger partial charge in [0, 0.05) is 24.7 Å². The lowest BCUT2D eigenvalue weighted by Gasteiger charge is -2.26. The highest BCUT2D eigenvalue weighted by Gasteiger charge is 2.50. The molecule has 0 bridgehead atoms. The number of fused-ring (bicyclic) bond motifs is 1. The average Bonchev–Trinajstić information content (AvgIpc) is 3.06. The first kappa shape index (κ1) is 15.5. The first-order chi connectivity index (χ1) is 10.8. The van der Waals surface area contributed by atoms with Crippen LogP contribution in [0.3, 0.4) is 0 Å². The van der Waals surface area contributed by atoms with Crippen molar-refractivity contribution in [2.75, 3.05) is 13.7 Å². The number of ketones is 1. The van der Waals surface area contributed by atoms with Gasteiger partial charge < -0.3 is 4.74 Å². The number of carbonyl (C=O) groups is 2. The van der Waals surface area contributed by atoms with Gasteiger partial charge in [-0.2, -0.15) is 13.2 Å². The summed E-state index contributed by atoms with van der Waals surface area (Å²) in [6.07, 6.45) is -3.78. The summed E-state index contributed by atoms with van der Waals surface area (Å²) in [5, 5.41) is 2.58. The molecule has 0 aliphatic carbocycles. The fourth-order valence-corrected chi connectivity index (χ4v) is 2.82. The molecule has 1 aromatic carbocycles. The van der Waals surface area contributed by atoms with E-state index < -0.39 is 23.6 Å². The van der Waals surface area contributed by atoms with Crippen LogP contribution in [-0.2, 0) is 9.59 Å². The highest BCUT2D eigenvalue weighted by molar-refractivity contribution is 6.02. The lowest BCUT2D eigenvalue weighted by molar-refractivity contribution is -0.167. The lowest BCUT2D eigenvalue weighted by atomic mass is 9.96. The molecule has 2 aliphatic rings. The van der Waals surface area contributed by atoms with Crippen molar-refractivity contribution in [3.8, 4) is 5.75 Å². The van der Waals surface area contributed by atoms with E-state index in [0.717, 1.165) is 11.2 Å². The topological polar surface area (TPSA) is 49.9 Å². The molecule has 5 nitrogen and oxygen atoms in total. The minimum Gasteiger partial charge on any atom is -0.497 e. The van der Waals surface area contributed by atoms with E-state index in [2.05, 4.69) is 0 Å². The number of benzene rings is 1. The SMILES string of the molecule is COc1ccc(C2C(C(=O)C(F)(F)F)=CN3C(=O)CCN23)cc1. The zero-order valence-corrected chi connectivity index (χ0v) is 12.1. The molecule has 122 valence electrons. The molecule has 0 aromatic heterocycles. The molecule has 1 unspecified atom stereocenters. The Labute approximate surface area is 129 Å². The predicted molar refractivity (Wildman–Crippen MR) is 73.0 cm³/mol. The Morgan fingerprint density at radius 1 is 1.26 bits per heavy atom. The number of methoxy groups -OCH3 is 1. The normalized spacial score (nSPS) is 21.4. The van der Waals surface area contributed by atoms with E-state index in [1.807, 2.05) is 0 Å². The van der Waals surface area contributed by atoms with E-state index in [4.69, 9.17) is 4.74 Å². The van der Waals surface area contributed by atoms with Crippen LogP contribution >= 0.6 is 0 Å². The summed E-state index contributed by atoms with van der Waals surface area (Å²) in [5.41, 5.74) is 0.0440. The van der Waals surface area contributed by atoms with Gasteiger partial charge in [0.25, 0.3) is 5.78 Å². The molecule has 3 rings (SSSR count). The Balaban J connectivity index is 2.02. The molecule has 8 heteroatoms. The third kappa shape index (κ3) is 2.59. The summed E-state index contributed by atoms with van der Waals surface area (Å²) in [7, 11) is 1.48. The van der Waals surface area contributed by atoms with Gasteiger partial charge in [-0.3, -0.25) is 9.59 Å². The molecule has 1 amide bonds. The molecular weight excluding hydrogens is 313 g/mol. The maximum absolute atomic E-state index is 12.8. The third-order valence-electron chi connectivity index (χ3n) is 3.89. The van der Waals surface area contributed by atoms with Crippen molar-refractivity contribution in [3.05, 3.63) is 41.6 Å². The molecule has 0 spiro atoms. The summed E-state index contributed by atoms with van der Waals surface area (Å²) < 4.78 is 43.6. The summed E-state index contributed by atoms with van der Waals surface area (Å²) in [6.45, 7) is 0.265. The van der Waals surface area contributed by atoms with Crippen LogP contribution in [0.15, 0.2) is 36.0 Å². The summed E-state index contributed by atoms with van der Waals surface area (Å²) in [4.78, 5) is 23.5. The number of amides is 1. The number of hydrazine groups is 1. The predicted octanol–water partition coefficient (Wildman–Crippen LogP) is 2.21. The second-order valence-corrected chi connectivity index (χ2v) is 5.24. The number of hydrogen-bond donors (Lipinski definition) is 0. The van der Waals surface area contributed by atoms with Crippen molar-refractivity contribution in [3.63, 3.8) is 0 Å². The number of halogens is 3. The fourth-order valence-electron chi connectivity index (χ4n) is 2.82. The first-order valence-electron chi connectivity index (χ1n) is 6.88. The monoisotopic (exact) mass is 326 g/mol. The van der Waals surface area contributed by atoms with Gasteiger partial charge in [-0.15, -0.1) is 0 Å². The quantitative estimate of drug-likeness (QED) is 0.855. The van der Waals surface area contributed by atoms with Gasteiger partial charge in [0.15, 0.2) is 0 Å². The number of rotatable bonds is 3. The smallest absolute Gasteiger partial charge is 0.454 e. The largest absolute Gasteiger partial charge is 0.497 e. The Bertz CT molecular complexity index is 682. The average molecular weight is 326 g/mol. The summed E-state index contributed by atoms with van der Waals surface area (Å²) in [6, 6.07) is 5.46. The van der Waals surface area contributed by atoms with Crippen LogP contribution in [0.1, 0.15) is 18.0 Å². The summed E-state index contributed by atoms with van der Waals surface area (Å²) >= 11 is 0. The number of ether oxygens (including phenoxy) is 1. The lowest BCUT2D eigenvalue weighted by Crippen LogP contribution is -2.34. The van der Waals surface area contributed by atoms with Gasteiger partial charge >= 0.3 is 6.18 Å². The molecule has 1 fully saturated rings. The molecule has 1 atom stereocenters. The van der Waals surface area contributed by atoms with Crippen molar-refractivity contribution in [2.45, 2.75) is 18.6 Å². The minimum absolute atomic E-state index is 0.205. The Kier molecular flexibility index (Phi) is 3.63. The summed E-state index contributed by atoms with van der Waals surface area (Å²) in [5.74, 6) is -1.71. The van der Waals surface area contributed by atoms with Crippen molar-refractivity contribution < 1.29 is 27.5 Å². The number of nitrogens with zero attached hydrogens (tertiary/aromatic N) is 2. The highest BCUT2D eigenvalue weighted by Crippen LogP contribution is 2.42. The van der Waals surface area contributed by atoms with E-state index in [9.17, 15) is 22.8 Å². The Morgan fingerprint density at radius 3 is 2.48 bits per heavy atom. The Morgan fingerprint density at radius 2 is 1.91 bits per heavy atom. The zero-order valence-electron chi connectivity index (χ0n) is 12.1. The molecule has 0 N–H and O–H groups in total. The number of alkyl halides is 3. The van der Waals surface area contributed by atoms with Crippen molar-refractivity contribution in [1.29, 1.82) is 0 Å². The van der Waals surface area contributed by atoms with E-state index >= 15 is 0 Å². The standard InChI is InChI=1S/C15H13F3N2O3/c1-23-10-4-2-9(3-5-10)13-11(14(22)15(16,17)18)8-20-12(21)6-7-19(13)20/h2-5,8,13H,6-7H2,1H3. The molecule has 1 aromatic rings. The van der Waals surface area contributed by atoms with Gasteiger partial charge in [0.1, 0.15) is 5.75 Å². The third-order valence-corrected chi connectivity index (χ3v) is 3.89. The van der Waals surface area contributed by atoms with E-state index in [-0.39, 0.29) is 18.9 Å². The molecule has 0 saturated carbocycles. The van der Waals surface area contributed by atoms with E-state index in [0.29, 0.717) is 11.3 Å². The maximum Gasteiger partial charge on any atom is 0.454 e. The van der Waals surface area contributed by atoms with Gasteiger partial charge in [0.05, 0.1) is 13.2 Å². The number of hydrogen-bond acceptors (Lipinski definition) is 4. The van der Waals surface area contributed by atoms with Crippen LogP contribution in [0.5, 0.6) is 5.75 Å². The maximum atomic E-state index is 12.8. The fraction of sp³-hybridized carbons (Fsp3) is 0.333. The van der Waals surface area contributed by atoms with Crippen LogP contribution in [-0.4, -0.2) is 41.5 Å². The van der Waals surface area contributed by atoms with Gasteiger partial charge in [-0.25, -0.2) is 10.0 Å². The van der Waals surface area contributed by atoms with Crippen LogP contribution < -0.4 is 4.74 Å². The van der Waals surface area contributed by atoms with E-state index in [1.54, 1.807) is 24.3 Å². The van der Waals surface area contributed by atoms with Crippen LogP contribution in [0.2, 0.25) is 0 Å². The zero-order chi connectivity index (χ0) is 16.8. The second kappa shape index (κ2) is 5.38. The number of Topliss-reactive ketones (excluding diaryl/α,β-unsaturated/α-hetero) is 1. The van der Waals surface area contributed by atoms with Crippen molar-refractivity contribution in [1.82, 2.24) is 10.0 Å².